The molecule has 0 bridgehead atoms. The van der Waals surface area contributed by atoms with E-state index in [2.05, 4.69) is 39.0 Å². The number of methoxy groups -OCH3 is 1. The van der Waals surface area contributed by atoms with Gasteiger partial charge in [0, 0.05) is 16.6 Å². The zero-order chi connectivity index (χ0) is 33.0. The van der Waals surface area contributed by atoms with E-state index in [4.69, 9.17) is 4.74 Å². The van der Waals surface area contributed by atoms with Gasteiger partial charge in [-0.2, -0.15) is 4.99 Å². The second-order valence-electron chi connectivity index (χ2n) is 10.5. The number of urea groups is 1. The average Bonchev–Trinajstić information content (AvgIpc) is 3.66. The highest BCUT2D eigenvalue weighted by Gasteiger charge is 2.31. The van der Waals surface area contributed by atoms with Crippen LogP contribution in [0.2, 0.25) is 0 Å². The summed E-state index contributed by atoms with van der Waals surface area (Å²) in [7, 11) is 1.61. The van der Waals surface area contributed by atoms with Crippen LogP contribution >= 0.6 is 11.3 Å². The first-order valence-corrected chi connectivity index (χ1v) is 15.0. The number of aromatic nitrogens is 4. The van der Waals surface area contributed by atoms with Crippen molar-refractivity contribution in [2.45, 2.75) is 39.2 Å². The van der Waals surface area contributed by atoms with E-state index in [1.807, 2.05) is 35.1 Å². The molecule has 5 rings (SSSR count). The van der Waals surface area contributed by atoms with Crippen molar-refractivity contribution in [2.24, 2.45) is 4.99 Å². The third kappa shape index (κ3) is 7.62. The molecule has 0 aliphatic heterocycles. The molecule has 0 fully saturated rings. The molecular weight excluding hydrogens is 624 g/mol. The standard InChI is InChI=1S/C32H30F4N6O3S/c1-19(2)26-15-25(44-4)13-14-28(26)42-20(3)17-46-31(42)39-30(43)37-16-27(33)21-5-7-22(8-6-21)29-38-18-41(40-29)23-9-11-24(12-10-23)45-32(34,35)36/h5-15,17-19,27H,16H2,1-4H3,(H,37,43)/b39-31-. The number of nitrogens with one attached hydrogen (secondary N) is 1. The number of hydrogen-bond donors (Lipinski definition) is 1. The smallest absolute Gasteiger partial charge is 0.497 e. The summed E-state index contributed by atoms with van der Waals surface area (Å²) >= 11 is 1.31. The van der Waals surface area contributed by atoms with Crippen molar-refractivity contribution in [3.8, 4) is 34.3 Å². The van der Waals surface area contributed by atoms with Crippen LogP contribution in [0, 0.1) is 6.92 Å². The van der Waals surface area contributed by atoms with Gasteiger partial charge in [-0.3, -0.25) is 4.57 Å². The van der Waals surface area contributed by atoms with Gasteiger partial charge in [0.25, 0.3) is 0 Å². The lowest BCUT2D eigenvalue weighted by Crippen LogP contribution is -2.27. The second-order valence-corrected chi connectivity index (χ2v) is 11.4. The summed E-state index contributed by atoms with van der Waals surface area (Å²) in [6.07, 6.45) is -4.87. The van der Waals surface area contributed by atoms with Crippen LogP contribution in [0.4, 0.5) is 22.4 Å². The predicted molar refractivity (Wildman–Crippen MR) is 165 cm³/mol. The topological polar surface area (TPSA) is 95.6 Å². The molecule has 2 amide bonds. The average molecular weight is 655 g/mol. The lowest BCUT2D eigenvalue weighted by molar-refractivity contribution is -0.274. The molecular formula is C32H30F4N6O3S. The van der Waals surface area contributed by atoms with Crippen molar-refractivity contribution in [3.05, 3.63) is 100 Å². The van der Waals surface area contributed by atoms with Gasteiger partial charge in [0.05, 0.1) is 25.0 Å². The number of rotatable bonds is 9. The number of thiazole rings is 1. The minimum Gasteiger partial charge on any atom is -0.497 e. The quantitative estimate of drug-likeness (QED) is 0.167. The summed E-state index contributed by atoms with van der Waals surface area (Å²) in [6.45, 7) is 5.79. The molecule has 240 valence electrons. The van der Waals surface area contributed by atoms with E-state index in [1.54, 1.807) is 31.4 Å². The van der Waals surface area contributed by atoms with Gasteiger partial charge in [0.15, 0.2) is 10.6 Å². The molecule has 2 aromatic heterocycles. The number of benzene rings is 3. The Hall–Kier alpha value is -4.98. The zero-order valence-electron chi connectivity index (χ0n) is 25.2. The molecule has 0 radical (unpaired) electrons. The highest BCUT2D eigenvalue weighted by molar-refractivity contribution is 7.07. The van der Waals surface area contributed by atoms with Gasteiger partial charge in [-0.05, 0) is 66.4 Å². The van der Waals surface area contributed by atoms with Crippen molar-refractivity contribution in [3.63, 3.8) is 0 Å². The maximum absolute atomic E-state index is 15.1. The van der Waals surface area contributed by atoms with Crippen LogP contribution in [-0.2, 0) is 0 Å². The molecule has 1 unspecified atom stereocenters. The molecule has 0 saturated heterocycles. The number of halogens is 4. The molecule has 46 heavy (non-hydrogen) atoms. The number of carbonyl (C=O) groups excluding carboxylic acids is 1. The van der Waals surface area contributed by atoms with Crippen LogP contribution in [0.3, 0.4) is 0 Å². The number of aryl methyl sites for hydroxylation is 1. The number of carbonyl (C=O) groups is 1. The third-order valence-corrected chi connectivity index (χ3v) is 7.91. The normalized spacial score (nSPS) is 12.8. The van der Waals surface area contributed by atoms with Crippen molar-refractivity contribution in [2.75, 3.05) is 13.7 Å². The number of amides is 2. The first-order chi connectivity index (χ1) is 21.9. The van der Waals surface area contributed by atoms with E-state index in [0.29, 0.717) is 27.4 Å². The van der Waals surface area contributed by atoms with Crippen molar-refractivity contribution >= 4 is 17.4 Å². The van der Waals surface area contributed by atoms with E-state index >= 15 is 4.39 Å². The molecule has 5 aromatic rings. The van der Waals surface area contributed by atoms with Gasteiger partial charge in [-0.25, -0.2) is 18.9 Å². The molecule has 2 heterocycles. The number of hydrogen-bond acceptors (Lipinski definition) is 6. The molecule has 3 aromatic carbocycles. The zero-order valence-corrected chi connectivity index (χ0v) is 26.1. The Balaban J connectivity index is 1.23. The molecule has 0 spiro atoms. The molecule has 14 heteroatoms. The van der Waals surface area contributed by atoms with E-state index in [0.717, 1.165) is 22.7 Å². The highest BCUT2D eigenvalue weighted by Crippen LogP contribution is 2.28. The molecule has 9 nitrogen and oxygen atoms in total. The summed E-state index contributed by atoms with van der Waals surface area (Å²) in [4.78, 5) is 21.7. The summed E-state index contributed by atoms with van der Waals surface area (Å²) < 4.78 is 64.9. The van der Waals surface area contributed by atoms with E-state index < -0.39 is 18.6 Å². The van der Waals surface area contributed by atoms with Crippen LogP contribution < -0.4 is 19.6 Å². The Morgan fingerprint density at radius 3 is 2.39 bits per heavy atom. The molecule has 0 aliphatic rings. The van der Waals surface area contributed by atoms with Crippen LogP contribution in [0.15, 0.2) is 83.4 Å². The fraction of sp³-hybridized carbons (Fsp3) is 0.250. The minimum absolute atomic E-state index is 0.186. The van der Waals surface area contributed by atoms with E-state index in [1.165, 1.54) is 46.6 Å². The summed E-state index contributed by atoms with van der Waals surface area (Å²) in [6, 6.07) is 16.7. The first-order valence-electron chi connectivity index (χ1n) is 14.1. The predicted octanol–water partition coefficient (Wildman–Crippen LogP) is 7.45. The summed E-state index contributed by atoms with van der Waals surface area (Å²) in [5, 5.41) is 8.81. The lowest BCUT2D eigenvalue weighted by Gasteiger charge is -2.16. The summed E-state index contributed by atoms with van der Waals surface area (Å²) in [5.41, 5.74) is 4.23. The Morgan fingerprint density at radius 2 is 1.74 bits per heavy atom. The van der Waals surface area contributed by atoms with Crippen LogP contribution in [-0.4, -0.2) is 45.4 Å². The van der Waals surface area contributed by atoms with Crippen molar-refractivity contribution in [1.29, 1.82) is 0 Å². The lowest BCUT2D eigenvalue weighted by atomic mass is 10.0. The number of ether oxygens (including phenoxy) is 2. The van der Waals surface area contributed by atoms with E-state index in [9.17, 15) is 18.0 Å². The van der Waals surface area contributed by atoms with Gasteiger partial charge >= 0.3 is 12.4 Å². The Kier molecular flexibility index (Phi) is 9.56. The fourth-order valence-corrected chi connectivity index (χ4v) is 5.54. The molecule has 0 saturated carbocycles. The third-order valence-electron chi connectivity index (χ3n) is 6.96. The largest absolute Gasteiger partial charge is 0.573 e. The van der Waals surface area contributed by atoms with Crippen molar-refractivity contribution in [1.82, 2.24) is 24.6 Å². The van der Waals surface area contributed by atoms with Crippen LogP contribution in [0.5, 0.6) is 11.5 Å². The van der Waals surface area contributed by atoms with Gasteiger partial charge in [0.2, 0.25) is 0 Å². The SMILES string of the molecule is COc1ccc(-n2c(C)cs/c2=N\C(=O)NCC(F)c2ccc(-c3ncn(-c4ccc(OC(F)(F)F)cc4)n3)cc2)c(C(C)C)c1. The van der Waals surface area contributed by atoms with E-state index in [-0.39, 0.29) is 18.2 Å². The molecule has 1 atom stereocenters. The van der Waals surface area contributed by atoms with Gasteiger partial charge in [-0.1, -0.05) is 38.1 Å². The molecule has 1 N–H and O–H groups in total. The Bertz CT molecular complexity index is 1880. The Labute approximate surface area is 265 Å². The van der Waals surface area contributed by atoms with Crippen molar-refractivity contribution < 1.29 is 31.8 Å². The van der Waals surface area contributed by atoms with Crippen LogP contribution in [0.25, 0.3) is 22.8 Å². The first kappa shape index (κ1) is 32.4. The van der Waals surface area contributed by atoms with Crippen LogP contribution in [0.1, 0.15) is 42.8 Å². The number of alkyl halides is 4. The van der Waals surface area contributed by atoms with Gasteiger partial charge in [-0.15, -0.1) is 29.6 Å². The van der Waals surface area contributed by atoms with Gasteiger partial charge < -0.3 is 14.8 Å². The van der Waals surface area contributed by atoms with Gasteiger partial charge in [0.1, 0.15) is 24.0 Å². The Morgan fingerprint density at radius 1 is 1.04 bits per heavy atom. The summed E-state index contributed by atoms with van der Waals surface area (Å²) in [5.74, 6) is 0.905. The molecule has 0 aliphatic carbocycles. The monoisotopic (exact) mass is 654 g/mol. The maximum atomic E-state index is 15.1. The minimum atomic E-state index is -4.78. The highest BCUT2D eigenvalue weighted by atomic mass is 32.1. The fourth-order valence-electron chi connectivity index (χ4n) is 4.67. The second kappa shape index (κ2) is 13.6. The maximum Gasteiger partial charge on any atom is 0.573 e. The number of nitrogens with zero attached hydrogens (tertiary/aromatic N) is 5.